The number of carbonyl (C=O) groups excluding carboxylic acids is 2. The van der Waals surface area contributed by atoms with Crippen LogP contribution in [0.15, 0.2) is 18.2 Å². The van der Waals surface area contributed by atoms with Gasteiger partial charge in [0.05, 0.1) is 12.1 Å². The van der Waals surface area contributed by atoms with Gasteiger partial charge in [-0.1, -0.05) is 6.92 Å². The summed E-state index contributed by atoms with van der Waals surface area (Å²) in [6, 6.07) is 5.58. The zero-order valence-corrected chi connectivity index (χ0v) is 17.4. The van der Waals surface area contributed by atoms with Crippen molar-refractivity contribution in [2.45, 2.75) is 32.9 Å². The second kappa shape index (κ2) is 8.50. The molecule has 7 nitrogen and oxygen atoms in total. The molecule has 1 aromatic rings. The number of fused-ring (bicyclic) bond motifs is 1. The van der Waals surface area contributed by atoms with E-state index in [1.165, 1.54) is 0 Å². The molecule has 2 atom stereocenters. The standard InChI is InChI=1S/C20H32N4O3/c1-13(2)21-20(26)24(7)12-18-14(3)11-23(6)19(25)16-10-15(22(4)5)8-9-17(16)27-18/h8-10,13-14,18H,11-12H2,1-7H3,(H,21,26)/t14-,18-/m1/s1. The van der Waals surface area contributed by atoms with Crippen LogP contribution in [0.5, 0.6) is 5.75 Å². The fraction of sp³-hybridized carbons (Fsp3) is 0.600. The van der Waals surface area contributed by atoms with Crippen LogP contribution >= 0.6 is 0 Å². The van der Waals surface area contributed by atoms with Gasteiger partial charge in [0.1, 0.15) is 11.9 Å². The molecule has 1 aromatic carbocycles. The molecule has 1 aliphatic rings. The van der Waals surface area contributed by atoms with Crippen molar-refractivity contribution in [2.24, 2.45) is 5.92 Å². The van der Waals surface area contributed by atoms with Gasteiger partial charge in [-0.15, -0.1) is 0 Å². The fourth-order valence-electron chi connectivity index (χ4n) is 3.11. The fourth-order valence-corrected chi connectivity index (χ4v) is 3.11. The van der Waals surface area contributed by atoms with Crippen LogP contribution < -0.4 is 15.0 Å². The lowest BCUT2D eigenvalue weighted by Gasteiger charge is -2.35. The van der Waals surface area contributed by atoms with E-state index in [9.17, 15) is 9.59 Å². The summed E-state index contributed by atoms with van der Waals surface area (Å²) in [5.41, 5.74) is 1.49. The second-order valence-corrected chi connectivity index (χ2v) is 7.88. The third kappa shape index (κ3) is 5.05. The summed E-state index contributed by atoms with van der Waals surface area (Å²) >= 11 is 0. The SMILES string of the molecule is CC(C)NC(=O)N(C)C[C@H]1Oc2ccc(N(C)C)cc2C(=O)N(C)C[C@H]1C. The molecular formula is C20H32N4O3. The maximum atomic E-state index is 12.8. The minimum absolute atomic E-state index is 0.0510. The molecule has 7 heteroatoms. The molecule has 27 heavy (non-hydrogen) atoms. The quantitative estimate of drug-likeness (QED) is 0.876. The van der Waals surface area contributed by atoms with Gasteiger partial charge in [-0.05, 0) is 32.0 Å². The van der Waals surface area contributed by atoms with Crippen molar-refractivity contribution in [3.63, 3.8) is 0 Å². The number of amides is 3. The molecule has 1 N–H and O–H groups in total. The van der Waals surface area contributed by atoms with Crippen molar-refractivity contribution in [1.29, 1.82) is 0 Å². The van der Waals surface area contributed by atoms with Gasteiger partial charge in [-0.3, -0.25) is 4.79 Å². The molecular weight excluding hydrogens is 344 g/mol. The molecule has 0 unspecified atom stereocenters. The number of rotatable bonds is 4. The highest BCUT2D eigenvalue weighted by molar-refractivity contribution is 5.98. The largest absolute Gasteiger partial charge is 0.487 e. The molecule has 0 fully saturated rings. The number of likely N-dealkylation sites (N-methyl/N-ethyl adjacent to an activating group) is 1. The van der Waals surface area contributed by atoms with Crippen LogP contribution in [0.3, 0.4) is 0 Å². The summed E-state index contributed by atoms with van der Waals surface area (Å²) in [5.74, 6) is 0.589. The highest BCUT2D eigenvalue weighted by Crippen LogP contribution is 2.30. The maximum absolute atomic E-state index is 12.8. The normalized spacial score (nSPS) is 19.7. The highest BCUT2D eigenvalue weighted by atomic mass is 16.5. The minimum Gasteiger partial charge on any atom is -0.487 e. The monoisotopic (exact) mass is 376 g/mol. The minimum atomic E-state index is -0.215. The summed E-state index contributed by atoms with van der Waals surface area (Å²) in [6.45, 7) is 6.91. The van der Waals surface area contributed by atoms with Gasteiger partial charge >= 0.3 is 6.03 Å². The van der Waals surface area contributed by atoms with E-state index < -0.39 is 0 Å². The van der Waals surface area contributed by atoms with E-state index in [-0.39, 0.29) is 30.0 Å². The molecule has 0 spiro atoms. The highest BCUT2D eigenvalue weighted by Gasteiger charge is 2.31. The van der Waals surface area contributed by atoms with Crippen LogP contribution in [0.4, 0.5) is 10.5 Å². The second-order valence-electron chi connectivity index (χ2n) is 7.88. The van der Waals surface area contributed by atoms with Gasteiger partial charge < -0.3 is 24.8 Å². The van der Waals surface area contributed by atoms with E-state index in [1.54, 1.807) is 16.8 Å². The Bertz CT molecular complexity index is 690. The molecule has 0 bridgehead atoms. The molecule has 0 saturated heterocycles. The zero-order chi connectivity index (χ0) is 20.3. The lowest BCUT2D eigenvalue weighted by Crippen LogP contribution is -2.49. The van der Waals surface area contributed by atoms with Gasteiger partial charge in [0, 0.05) is 52.4 Å². The van der Waals surface area contributed by atoms with Crippen LogP contribution in [0.2, 0.25) is 0 Å². The first-order valence-electron chi connectivity index (χ1n) is 9.35. The van der Waals surface area contributed by atoms with Crippen LogP contribution in [-0.4, -0.2) is 75.2 Å². The van der Waals surface area contributed by atoms with Crippen LogP contribution in [0.25, 0.3) is 0 Å². The first kappa shape index (κ1) is 20.9. The first-order chi connectivity index (χ1) is 12.6. The smallest absolute Gasteiger partial charge is 0.317 e. The van der Waals surface area contributed by atoms with E-state index in [4.69, 9.17) is 4.74 Å². The molecule has 1 heterocycles. The Balaban J connectivity index is 2.29. The average Bonchev–Trinajstić information content (AvgIpc) is 2.58. The number of hydrogen-bond donors (Lipinski definition) is 1. The molecule has 0 aliphatic carbocycles. The molecule has 150 valence electrons. The van der Waals surface area contributed by atoms with E-state index in [1.807, 2.05) is 65.0 Å². The van der Waals surface area contributed by atoms with Crippen molar-refractivity contribution in [3.05, 3.63) is 23.8 Å². The Morgan fingerprint density at radius 3 is 2.59 bits per heavy atom. The Labute approximate surface area is 162 Å². The predicted molar refractivity (Wildman–Crippen MR) is 108 cm³/mol. The summed E-state index contributed by atoms with van der Waals surface area (Å²) < 4.78 is 6.24. The van der Waals surface area contributed by atoms with Crippen molar-refractivity contribution in [2.75, 3.05) is 46.2 Å². The van der Waals surface area contributed by atoms with Crippen LogP contribution in [0, 0.1) is 5.92 Å². The van der Waals surface area contributed by atoms with Crippen molar-refractivity contribution < 1.29 is 14.3 Å². The van der Waals surface area contributed by atoms with Crippen LogP contribution in [-0.2, 0) is 0 Å². The Kier molecular flexibility index (Phi) is 6.57. The topological polar surface area (TPSA) is 65.1 Å². The van der Waals surface area contributed by atoms with Crippen molar-refractivity contribution >= 4 is 17.6 Å². The van der Waals surface area contributed by atoms with Gasteiger partial charge in [0.15, 0.2) is 0 Å². The molecule has 0 aromatic heterocycles. The average molecular weight is 377 g/mol. The molecule has 2 rings (SSSR count). The number of nitrogens with one attached hydrogen (secondary N) is 1. The molecule has 0 radical (unpaired) electrons. The third-order valence-corrected chi connectivity index (χ3v) is 4.74. The Morgan fingerprint density at radius 1 is 1.33 bits per heavy atom. The Morgan fingerprint density at radius 2 is 2.00 bits per heavy atom. The van der Waals surface area contributed by atoms with Gasteiger partial charge in [-0.25, -0.2) is 4.79 Å². The van der Waals surface area contributed by atoms with Crippen LogP contribution in [0.1, 0.15) is 31.1 Å². The number of hydrogen-bond acceptors (Lipinski definition) is 4. The first-order valence-corrected chi connectivity index (χ1v) is 9.35. The van der Waals surface area contributed by atoms with E-state index in [0.717, 1.165) is 5.69 Å². The van der Waals surface area contributed by atoms with E-state index in [0.29, 0.717) is 24.4 Å². The van der Waals surface area contributed by atoms with Crippen molar-refractivity contribution in [3.8, 4) is 5.75 Å². The summed E-state index contributed by atoms with van der Waals surface area (Å²) in [5, 5.41) is 2.89. The van der Waals surface area contributed by atoms with Gasteiger partial charge in [-0.2, -0.15) is 0 Å². The van der Waals surface area contributed by atoms with Crippen molar-refractivity contribution in [1.82, 2.24) is 15.1 Å². The summed E-state index contributed by atoms with van der Waals surface area (Å²) in [6.07, 6.45) is -0.215. The van der Waals surface area contributed by atoms with Gasteiger partial charge in [0.2, 0.25) is 0 Å². The molecule has 3 amide bonds. The molecule has 0 saturated carbocycles. The number of nitrogens with zero attached hydrogens (tertiary/aromatic N) is 3. The number of anilines is 1. The summed E-state index contributed by atoms with van der Waals surface area (Å²) in [4.78, 5) is 30.4. The molecule has 1 aliphatic heterocycles. The lowest BCUT2D eigenvalue weighted by atomic mass is 10.0. The van der Waals surface area contributed by atoms with E-state index >= 15 is 0 Å². The number of benzene rings is 1. The summed E-state index contributed by atoms with van der Waals surface area (Å²) in [7, 11) is 7.44. The number of carbonyl (C=O) groups is 2. The lowest BCUT2D eigenvalue weighted by molar-refractivity contribution is 0.0577. The third-order valence-electron chi connectivity index (χ3n) is 4.74. The van der Waals surface area contributed by atoms with Gasteiger partial charge in [0.25, 0.3) is 5.91 Å². The predicted octanol–water partition coefficient (Wildman–Crippen LogP) is 2.27. The maximum Gasteiger partial charge on any atom is 0.317 e. The zero-order valence-electron chi connectivity index (χ0n) is 17.4. The number of ether oxygens (including phenoxy) is 1. The number of urea groups is 1. The Hall–Kier alpha value is -2.44. The van der Waals surface area contributed by atoms with E-state index in [2.05, 4.69) is 5.32 Å².